The molecule has 2 N–H and O–H groups in total. The van der Waals surface area contributed by atoms with Crippen LogP contribution in [0.4, 0.5) is 0 Å². The summed E-state index contributed by atoms with van der Waals surface area (Å²) in [5, 5.41) is 12.3. The van der Waals surface area contributed by atoms with Gasteiger partial charge in [-0.2, -0.15) is 0 Å². The van der Waals surface area contributed by atoms with E-state index in [1.54, 1.807) is 12.1 Å². The number of aliphatic carboxylic acids is 1. The molecule has 0 heterocycles. The van der Waals surface area contributed by atoms with Crippen LogP contribution in [0.25, 0.3) is 0 Å². The molecule has 0 aromatic heterocycles. The number of carboxylic acid groups (broad SMARTS) is 1. The molecule has 0 fully saturated rings. The number of carbonyl (C=O) groups is 2. The summed E-state index contributed by atoms with van der Waals surface area (Å²) >= 11 is 6.03. The number of carboxylic acids is 1. The Balaban J connectivity index is 2.09. The molecule has 0 saturated carbocycles. The smallest absolute Gasteiger partial charge is 0.330 e. The van der Waals surface area contributed by atoms with Crippen LogP contribution in [0.2, 0.25) is 5.02 Å². The summed E-state index contributed by atoms with van der Waals surface area (Å²) in [5.41, 5.74) is 1.49. The van der Waals surface area contributed by atoms with Gasteiger partial charge in [-0.25, -0.2) is 4.79 Å². The minimum atomic E-state index is -1.13. The van der Waals surface area contributed by atoms with Crippen LogP contribution in [0.3, 0.4) is 0 Å². The fraction of sp³-hybridized carbons (Fsp3) is 0.412. The Bertz CT molecular complexity index is 627. The molecule has 1 aromatic rings. The van der Waals surface area contributed by atoms with Gasteiger partial charge in [-0.1, -0.05) is 29.3 Å². The highest BCUT2D eigenvalue weighted by Gasteiger charge is 2.23. The second-order valence-corrected chi connectivity index (χ2v) is 5.92. The van der Waals surface area contributed by atoms with Crippen LogP contribution in [-0.4, -0.2) is 24.1 Å². The molecule has 1 aliphatic rings. The van der Waals surface area contributed by atoms with Crippen molar-refractivity contribution in [3.05, 3.63) is 40.4 Å². The van der Waals surface area contributed by atoms with E-state index in [1.165, 1.54) is 13.2 Å². The molecule has 0 aliphatic heterocycles. The molecule has 0 spiro atoms. The molecule has 1 aliphatic carbocycles. The number of nitrogens with one attached hydrogen (secondary N) is 1. The maximum Gasteiger partial charge on any atom is 0.330 e. The molecule has 5 nitrogen and oxygen atoms in total. The molecule has 1 aromatic carbocycles. The molecule has 0 bridgehead atoms. The Hall–Kier alpha value is -2.01. The van der Waals surface area contributed by atoms with Crippen molar-refractivity contribution in [1.82, 2.24) is 5.32 Å². The van der Waals surface area contributed by atoms with Crippen molar-refractivity contribution < 1.29 is 19.4 Å². The summed E-state index contributed by atoms with van der Waals surface area (Å²) in [5.74, 6) is -0.965. The van der Waals surface area contributed by atoms with E-state index in [9.17, 15) is 14.7 Å². The van der Waals surface area contributed by atoms with Crippen LogP contribution in [-0.2, 0) is 9.59 Å². The van der Waals surface area contributed by atoms with Gasteiger partial charge in [0.1, 0.15) is 5.75 Å². The molecule has 124 valence electrons. The van der Waals surface area contributed by atoms with Gasteiger partial charge in [0.2, 0.25) is 5.91 Å². The summed E-state index contributed by atoms with van der Waals surface area (Å²) < 4.78 is 5.05. The number of ether oxygens (including phenoxy) is 1. The Morgan fingerprint density at radius 3 is 2.74 bits per heavy atom. The van der Waals surface area contributed by atoms with Crippen LogP contribution < -0.4 is 10.1 Å². The lowest BCUT2D eigenvalue weighted by Gasteiger charge is -2.18. The lowest BCUT2D eigenvalue weighted by atomic mass is 9.96. The number of rotatable bonds is 6. The first kappa shape index (κ1) is 17.3. The second kappa shape index (κ2) is 8.02. The zero-order chi connectivity index (χ0) is 16.8. The summed E-state index contributed by atoms with van der Waals surface area (Å²) in [6.07, 6.45) is 6.43. The SMILES string of the molecule is COc1ccc(C(NC(=O)CC2=CCCCC2)C(=O)O)cc1Cl. The number of benzene rings is 1. The lowest BCUT2D eigenvalue weighted by molar-refractivity contribution is -0.142. The Morgan fingerprint density at radius 2 is 2.17 bits per heavy atom. The number of halogens is 1. The van der Waals surface area contributed by atoms with Crippen LogP contribution >= 0.6 is 11.6 Å². The maximum atomic E-state index is 12.1. The third kappa shape index (κ3) is 4.73. The van der Waals surface area contributed by atoms with E-state index in [0.29, 0.717) is 16.3 Å². The van der Waals surface area contributed by atoms with Crippen LogP contribution in [0, 0.1) is 0 Å². The highest BCUT2D eigenvalue weighted by molar-refractivity contribution is 6.32. The van der Waals surface area contributed by atoms with Gasteiger partial charge in [-0.3, -0.25) is 4.79 Å². The standard InChI is InChI=1S/C17H20ClNO4/c1-23-14-8-7-12(10-13(14)18)16(17(21)22)19-15(20)9-11-5-3-2-4-6-11/h5,7-8,10,16H,2-4,6,9H2,1H3,(H,19,20)(H,21,22). The summed E-state index contributed by atoms with van der Waals surface area (Å²) in [6.45, 7) is 0. The first-order valence-electron chi connectivity index (χ1n) is 7.54. The number of hydrogen-bond donors (Lipinski definition) is 2. The molecule has 1 amide bonds. The van der Waals surface area contributed by atoms with E-state index in [0.717, 1.165) is 31.3 Å². The van der Waals surface area contributed by atoms with Gasteiger partial charge in [0.15, 0.2) is 6.04 Å². The maximum absolute atomic E-state index is 12.1. The first-order chi connectivity index (χ1) is 11.0. The van der Waals surface area contributed by atoms with Crippen molar-refractivity contribution >= 4 is 23.5 Å². The van der Waals surface area contributed by atoms with E-state index in [2.05, 4.69) is 11.4 Å². The fourth-order valence-electron chi connectivity index (χ4n) is 2.63. The van der Waals surface area contributed by atoms with Gasteiger partial charge < -0.3 is 15.2 Å². The van der Waals surface area contributed by atoms with E-state index in [-0.39, 0.29) is 12.3 Å². The summed E-state index contributed by atoms with van der Waals surface area (Å²) in [6, 6.07) is 3.54. The molecule has 0 radical (unpaired) electrons. The Morgan fingerprint density at radius 1 is 1.39 bits per heavy atom. The van der Waals surface area contributed by atoms with Gasteiger partial charge in [0.05, 0.1) is 12.1 Å². The van der Waals surface area contributed by atoms with Gasteiger partial charge in [0.25, 0.3) is 0 Å². The predicted molar refractivity (Wildman–Crippen MR) is 87.7 cm³/mol. The van der Waals surface area contributed by atoms with Crippen molar-refractivity contribution in [3.63, 3.8) is 0 Å². The van der Waals surface area contributed by atoms with Crippen molar-refractivity contribution in [2.45, 2.75) is 38.1 Å². The van der Waals surface area contributed by atoms with E-state index in [1.807, 2.05) is 0 Å². The molecular formula is C17H20ClNO4. The number of allylic oxidation sites excluding steroid dienone is 1. The number of carbonyl (C=O) groups excluding carboxylic acids is 1. The predicted octanol–water partition coefficient (Wildman–Crippen LogP) is 3.48. The normalized spacial score (nSPS) is 15.5. The highest BCUT2D eigenvalue weighted by Crippen LogP contribution is 2.28. The van der Waals surface area contributed by atoms with Gasteiger partial charge in [0, 0.05) is 6.42 Å². The average molecular weight is 338 g/mol. The van der Waals surface area contributed by atoms with Crippen molar-refractivity contribution in [1.29, 1.82) is 0 Å². The monoisotopic (exact) mass is 337 g/mol. The largest absolute Gasteiger partial charge is 0.495 e. The van der Waals surface area contributed by atoms with Crippen LogP contribution in [0.15, 0.2) is 29.8 Å². The molecule has 2 rings (SSSR count). The van der Waals surface area contributed by atoms with E-state index < -0.39 is 12.0 Å². The van der Waals surface area contributed by atoms with Crippen LogP contribution in [0.5, 0.6) is 5.75 Å². The first-order valence-corrected chi connectivity index (χ1v) is 7.92. The Kier molecular flexibility index (Phi) is 6.04. The second-order valence-electron chi connectivity index (χ2n) is 5.52. The third-order valence-corrected chi connectivity index (χ3v) is 4.13. The molecule has 6 heteroatoms. The number of methoxy groups -OCH3 is 1. The number of amides is 1. The van der Waals surface area contributed by atoms with Crippen molar-refractivity contribution in [2.75, 3.05) is 7.11 Å². The zero-order valence-corrected chi connectivity index (χ0v) is 13.7. The zero-order valence-electron chi connectivity index (χ0n) is 13.0. The minimum absolute atomic E-state index is 0.244. The molecule has 23 heavy (non-hydrogen) atoms. The average Bonchev–Trinajstić information content (AvgIpc) is 2.53. The summed E-state index contributed by atoms with van der Waals surface area (Å²) in [7, 11) is 1.48. The van der Waals surface area contributed by atoms with Crippen molar-refractivity contribution in [3.8, 4) is 5.75 Å². The van der Waals surface area contributed by atoms with Crippen LogP contribution in [0.1, 0.15) is 43.7 Å². The van der Waals surface area contributed by atoms with Gasteiger partial charge >= 0.3 is 5.97 Å². The third-order valence-electron chi connectivity index (χ3n) is 3.83. The molecule has 1 atom stereocenters. The van der Waals surface area contributed by atoms with E-state index >= 15 is 0 Å². The van der Waals surface area contributed by atoms with E-state index in [4.69, 9.17) is 16.3 Å². The Labute approximate surface area is 140 Å². The topological polar surface area (TPSA) is 75.6 Å². The summed E-state index contributed by atoms with van der Waals surface area (Å²) in [4.78, 5) is 23.6. The quantitative estimate of drug-likeness (QED) is 0.779. The minimum Gasteiger partial charge on any atom is -0.495 e. The van der Waals surface area contributed by atoms with Crippen molar-refractivity contribution in [2.24, 2.45) is 0 Å². The lowest BCUT2D eigenvalue weighted by Crippen LogP contribution is -2.33. The number of hydrogen-bond acceptors (Lipinski definition) is 3. The highest BCUT2D eigenvalue weighted by atomic mass is 35.5. The molecule has 1 unspecified atom stereocenters. The van der Waals surface area contributed by atoms with Gasteiger partial charge in [-0.05, 0) is 43.4 Å². The molecule has 0 saturated heterocycles. The van der Waals surface area contributed by atoms with Gasteiger partial charge in [-0.15, -0.1) is 0 Å². The fourth-order valence-corrected chi connectivity index (χ4v) is 2.90. The molecular weight excluding hydrogens is 318 g/mol.